The number of aryl methyl sites for hydroxylation is 1. The van der Waals surface area contributed by atoms with Gasteiger partial charge in [-0.3, -0.25) is 4.79 Å². The molecular weight excluding hydrogens is 286 g/mol. The van der Waals surface area contributed by atoms with Gasteiger partial charge in [0.25, 0.3) is 0 Å². The van der Waals surface area contributed by atoms with Gasteiger partial charge in [-0.2, -0.15) is 0 Å². The van der Waals surface area contributed by atoms with Crippen LogP contribution >= 0.6 is 11.3 Å². The maximum Gasteiger partial charge on any atom is 0.250 e. The first-order chi connectivity index (χ1) is 10.2. The highest BCUT2D eigenvalue weighted by Crippen LogP contribution is 2.24. The van der Waals surface area contributed by atoms with Crippen molar-refractivity contribution in [1.29, 1.82) is 0 Å². The maximum absolute atomic E-state index is 11.9. The van der Waals surface area contributed by atoms with E-state index in [-0.39, 0.29) is 18.6 Å². The number of piperidine rings is 1. The average molecular weight is 305 g/mol. The monoisotopic (exact) mass is 305 g/mol. The Hall–Kier alpha value is -1.50. The number of thiazole rings is 1. The predicted octanol–water partition coefficient (Wildman–Crippen LogP) is 2.31. The Balaban J connectivity index is 1.55. The molecule has 1 saturated heterocycles. The number of nitrogens with zero attached hydrogens (tertiary/aromatic N) is 1. The third-order valence-electron chi connectivity index (χ3n) is 3.52. The fourth-order valence-electron chi connectivity index (χ4n) is 2.47. The number of rotatable bonds is 4. The van der Waals surface area contributed by atoms with E-state index in [1.807, 2.05) is 25.1 Å². The molecule has 0 saturated carbocycles. The number of hydrogen-bond acceptors (Lipinski definition) is 5. The van der Waals surface area contributed by atoms with E-state index in [4.69, 9.17) is 4.74 Å². The third-order valence-corrected chi connectivity index (χ3v) is 4.45. The zero-order valence-corrected chi connectivity index (χ0v) is 12.8. The van der Waals surface area contributed by atoms with Crippen LogP contribution in [0.3, 0.4) is 0 Å². The lowest BCUT2D eigenvalue weighted by molar-refractivity contribution is -0.123. The SMILES string of the molecule is Cc1nc2ccc(NC(=O)COC3CCNCC3)cc2s1. The van der Waals surface area contributed by atoms with Crippen LogP contribution in [0.1, 0.15) is 17.8 Å². The highest BCUT2D eigenvalue weighted by molar-refractivity contribution is 7.18. The minimum atomic E-state index is -0.103. The minimum absolute atomic E-state index is 0.103. The molecular formula is C15H19N3O2S. The second-order valence-electron chi connectivity index (χ2n) is 5.22. The van der Waals surface area contributed by atoms with Crippen LogP contribution in [0.2, 0.25) is 0 Å². The molecule has 0 unspecified atom stereocenters. The molecule has 0 atom stereocenters. The van der Waals surface area contributed by atoms with Gasteiger partial charge in [0.1, 0.15) is 6.61 Å². The number of amides is 1. The molecule has 1 aliphatic rings. The first kappa shape index (κ1) is 14.4. The van der Waals surface area contributed by atoms with E-state index in [1.54, 1.807) is 11.3 Å². The van der Waals surface area contributed by atoms with Crippen LogP contribution in [0, 0.1) is 6.92 Å². The number of fused-ring (bicyclic) bond motifs is 1. The molecule has 112 valence electrons. The minimum Gasteiger partial charge on any atom is -0.368 e. The number of carbonyl (C=O) groups is 1. The Morgan fingerprint density at radius 2 is 2.29 bits per heavy atom. The summed E-state index contributed by atoms with van der Waals surface area (Å²) >= 11 is 1.63. The van der Waals surface area contributed by atoms with Crippen molar-refractivity contribution >= 4 is 33.1 Å². The first-order valence-electron chi connectivity index (χ1n) is 7.20. The van der Waals surface area contributed by atoms with Gasteiger partial charge in [-0.05, 0) is 51.1 Å². The fraction of sp³-hybridized carbons (Fsp3) is 0.467. The molecule has 0 radical (unpaired) electrons. The summed E-state index contributed by atoms with van der Waals surface area (Å²) in [5.41, 5.74) is 1.77. The summed E-state index contributed by atoms with van der Waals surface area (Å²) in [7, 11) is 0. The van der Waals surface area contributed by atoms with Crippen LogP contribution in [0.15, 0.2) is 18.2 Å². The molecule has 2 aromatic rings. The van der Waals surface area contributed by atoms with Crippen molar-refractivity contribution < 1.29 is 9.53 Å². The lowest BCUT2D eigenvalue weighted by Crippen LogP contribution is -2.34. The molecule has 0 spiro atoms. The average Bonchev–Trinajstić information content (AvgIpc) is 2.85. The normalized spacial score (nSPS) is 16.2. The number of ether oxygens (including phenoxy) is 1. The van der Waals surface area contributed by atoms with Gasteiger partial charge in [-0.1, -0.05) is 0 Å². The summed E-state index contributed by atoms with van der Waals surface area (Å²) in [6.45, 7) is 4.03. The van der Waals surface area contributed by atoms with Crippen LogP contribution in [-0.2, 0) is 9.53 Å². The lowest BCUT2D eigenvalue weighted by atomic mass is 10.1. The van der Waals surface area contributed by atoms with Crippen LogP contribution in [-0.4, -0.2) is 36.7 Å². The van der Waals surface area contributed by atoms with Gasteiger partial charge >= 0.3 is 0 Å². The Kier molecular flexibility index (Phi) is 4.48. The van der Waals surface area contributed by atoms with Crippen molar-refractivity contribution in [2.45, 2.75) is 25.9 Å². The predicted molar refractivity (Wildman–Crippen MR) is 84.8 cm³/mol. The van der Waals surface area contributed by atoms with Gasteiger partial charge in [-0.25, -0.2) is 4.98 Å². The number of hydrogen-bond donors (Lipinski definition) is 2. The van der Waals surface area contributed by atoms with Gasteiger partial charge in [-0.15, -0.1) is 11.3 Å². The summed E-state index contributed by atoms with van der Waals surface area (Å²) in [5, 5.41) is 7.19. The number of anilines is 1. The highest BCUT2D eigenvalue weighted by Gasteiger charge is 2.15. The largest absolute Gasteiger partial charge is 0.368 e. The molecule has 1 amide bonds. The standard InChI is InChI=1S/C15H19N3O2S/c1-10-17-13-3-2-11(8-14(13)21-10)18-15(19)9-20-12-4-6-16-7-5-12/h2-3,8,12,16H,4-7,9H2,1H3,(H,18,19). The van der Waals surface area contributed by atoms with Gasteiger partial charge in [0.15, 0.2) is 0 Å². The summed E-state index contributed by atoms with van der Waals surface area (Å²) < 4.78 is 6.73. The van der Waals surface area contributed by atoms with Crippen LogP contribution in [0.25, 0.3) is 10.2 Å². The third kappa shape index (κ3) is 3.78. The van der Waals surface area contributed by atoms with Crippen LogP contribution in [0.5, 0.6) is 0 Å². The molecule has 1 aromatic heterocycles. The van der Waals surface area contributed by atoms with Crippen LogP contribution < -0.4 is 10.6 Å². The molecule has 1 aliphatic heterocycles. The first-order valence-corrected chi connectivity index (χ1v) is 8.02. The molecule has 0 aliphatic carbocycles. The molecule has 2 N–H and O–H groups in total. The quantitative estimate of drug-likeness (QED) is 0.910. The van der Waals surface area contributed by atoms with Crippen molar-refractivity contribution in [3.8, 4) is 0 Å². The number of nitrogens with one attached hydrogen (secondary N) is 2. The molecule has 3 rings (SSSR count). The molecule has 1 fully saturated rings. The Labute approximate surface area is 127 Å². The van der Waals surface area contributed by atoms with Crippen molar-refractivity contribution in [2.75, 3.05) is 25.0 Å². The van der Waals surface area contributed by atoms with E-state index in [0.29, 0.717) is 0 Å². The zero-order valence-electron chi connectivity index (χ0n) is 12.0. The van der Waals surface area contributed by atoms with E-state index in [1.165, 1.54) is 0 Å². The maximum atomic E-state index is 11.9. The van der Waals surface area contributed by atoms with E-state index in [0.717, 1.165) is 46.8 Å². The Morgan fingerprint density at radius 1 is 1.48 bits per heavy atom. The second kappa shape index (κ2) is 6.51. The van der Waals surface area contributed by atoms with Gasteiger partial charge in [0.05, 0.1) is 21.3 Å². The van der Waals surface area contributed by atoms with E-state index < -0.39 is 0 Å². The van der Waals surface area contributed by atoms with Gasteiger partial charge in [0.2, 0.25) is 5.91 Å². The highest BCUT2D eigenvalue weighted by atomic mass is 32.1. The molecule has 1 aromatic carbocycles. The van der Waals surface area contributed by atoms with Crippen molar-refractivity contribution in [2.24, 2.45) is 0 Å². The zero-order chi connectivity index (χ0) is 14.7. The van der Waals surface area contributed by atoms with E-state index >= 15 is 0 Å². The molecule has 0 bridgehead atoms. The lowest BCUT2D eigenvalue weighted by Gasteiger charge is -2.22. The summed E-state index contributed by atoms with van der Waals surface area (Å²) in [6, 6.07) is 5.77. The Bertz CT molecular complexity index is 635. The van der Waals surface area contributed by atoms with Crippen molar-refractivity contribution in [3.63, 3.8) is 0 Å². The van der Waals surface area contributed by atoms with Gasteiger partial charge < -0.3 is 15.4 Å². The van der Waals surface area contributed by atoms with E-state index in [9.17, 15) is 4.79 Å². The van der Waals surface area contributed by atoms with Gasteiger partial charge in [0, 0.05) is 5.69 Å². The number of benzene rings is 1. The van der Waals surface area contributed by atoms with Crippen molar-refractivity contribution in [1.82, 2.24) is 10.3 Å². The molecule has 5 nitrogen and oxygen atoms in total. The number of carbonyl (C=O) groups excluding carboxylic acids is 1. The molecule has 6 heteroatoms. The second-order valence-corrected chi connectivity index (χ2v) is 6.46. The fourth-order valence-corrected chi connectivity index (χ4v) is 3.34. The van der Waals surface area contributed by atoms with Crippen molar-refractivity contribution in [3.05, 3.63) is 23.2 Å². The Morgan fingerprint density at radius 3 is 3.10 bits per heavy atom. The van der Waals surface area contributed by atoms with Crippen LogP contribution in [0.4, 0.5) is 5.69 Å². The molecule has 21 heavy (non-hydrogen) atoms. The smallest absolute Gasteiger partial charge is 0.250 e. The summed E-state index contributed by atoms with van der Waals surface area (Å²) in [6.07, 6.45) is 2.14. The topological polar surface area (TPSA) is 63.2 Å². The summed E-state index contributed by atoms with van der Waals surface area (Å²) in [4.78, 5) is 16.3. The summed E-state index contributed by atoms with van der Waals surface area (Å²) in [5.74, 6) is -0.103. The number of aromatic nitrogens is 1. The van der Waals surface area contributed by atoms with E-state index in [2.05, 4.69) is 15.6 Å². The molecule has 2 heterocycles.